The Balaban J connectivity index is 1.81. The summed E-state index contributed by atoms with van der Waals surface area (Å²) >= 11 is 0. The molecule has 2 rings (SSSR count). The van der Waals surface area contributed by atoms with Gasteiger partial charge in [0.2, 0.25) is 0 Å². The second kappa shape index (κ2) is 33.0. The number of unbranched alkanes of at least 4 members (excludes halogenated alkanes) is 3. The molecule has 0 amide bonds. The van der Waals surface area contributed by atoms with Gasteiger partial charge in [0.05, 0.1) is 38.8 Å². The fraction of sp³-hybridized carbons (Fsp3) is 1.00. The largest absolute Gasteiger partial charge is 0.331 e. The van der Waals surface area contributed by atoms with Crippen molar-refractivity contribution in [3.8, 4) is 0 Å². The quantitative estimate of drug-likeness (QED) is 0.0355. The van der Waals surface area contributed by atoms with Gasteiger partial charge in [-0.15, -0.1) is 0 Å². The molecule has 8 N–H and O–H groups in total. The highest BCUT2D eigenvalue weighted by molar-refractivity contribution is 7.54. The average molecular weight is 809 g/mol. The van der Waals surface area contributed by atoms with Gasteiger partial charge in [0, 0.05) is 13.1 Å². The van der Waals surface area contributed by atoms with Crippen molar-refractivity contribution < 1.29 is 27.2 Å². The van der Waals surface area contributed by atoms with E-state index in [0.29, 0.717) is 78.0 Å². The molecule has 0 aromatic heterocycles. The molecule has 14 heteroatoms. The van der Waals surface area contributed by atoms with Gasteiger partial charge in [-0.2, -0.15) is 0 Å². The minimum absolute atomic E-state index is 0.380. The highest BCUT2D eigenvalue weighted by Crippen LogP contribution is 2.49. The summed E-state index contributed by atoms with van der Waals surface area (Å²) in [5.41, 5.74) is 23.1. The van der Waals surface area contributed by atoms with E-state index in [1.54, 1.807) is 0 Å². The van der Waals surface area contributed by atoms with Crippen LogP contribution in [-0.2, 0) is 27.2 Å². The molecular weight excluding hydrogens is 722 g/mol. The number of rotatable bonds is 37. The van der Waals surface area contributed by atoms with Crippen LogP contribution in [0.2, 0.25) is 0 Å². The van der Waals surface area contributed by atoms with Gasteiger partial charge in [-0.3, -0.25) is 9.13 Å². The summed E-state index contributed by atoms with van der Waals surface area (Å²) < 4.78 is 52.3. The number of hydrogen-bond donors (Lipinski definition) is 4. The zero-order valence-corrected chi connectivity index (χ0v) is 36.4. The lowest BCUT2D eigenvalue weighted by molar-refractivity contribution is 0.181. The topological polar surface area (TPSA) is 182 Å². The van der Waals surface area contributed by atoms with Gasteiger partial charge >= 0.3 is 15.2 Å². The smallest absolute Gasteiger partial charge is 0.330 e. The molecule has 2 unspecified atom stereocenters. The van der Waals surface area contributed by atoms with E-state index < -0.39 is 15.2 Å². The molecule has 2 atom stereocenters. The van der Waals surface area contributed by atoms with E-state index in [1.165, 1.54) is 64.2 Å². The Morgan fingerprint density at radius 1 is 0.407 bits per heavy atom. The monoisotopic (exact) mass is 809 g/mol. The molecule has 0 aromatic carbocycles. The number of nitrogens with two attached hydrogens (primary N) is 4. The molecule has 0 spiro atoms. The van der Waals surface area contributed by atoms with Crippen molar-refractivity contribution in [1.29, 1.82) is 0 Å². The molecule has 0 heterocycles. The third-order valence-electron chi connectivity index (χ3n) is 11.2. The Bertz CT molecular complexity index is 870. The van der Waals surface area contributed by atoms with Crippen LogP contribution in [0.3, 0.4) is 0 Å². The maximum absolute atomic E-state index is 14.0. The fourth-order valence-corrected chi connectivity index (χ4v) is 11.2. The van der Waals surface area contributed by atoms with Gasteiger partial charge in [0.15, 0.2) is 0 Å². The third kappa shape index (κ3) is 25.4. The van der Waals surface area contributed by atoms with Crippen LogP contribution in [0.4, 0.5) is 0 Å². The van der Waals surface area contributed by atoms with Crippen molar-refractivity contribution in [2.24, 2.45) is 34.8 Å². The summed E-state index contributed by atoms with van der Waals surface area (Å²) in [4.78, 5) is 4.58. The maximum atomic E-state index is 14.0. The first-order chi connectivity index (χ1) is 26.3. The molecule has 0 radical (unpaired) electrons. The normalized spacial score (nSPS) is 18.4. The molecule has 322 valence electrons. The van der Waals surface area contributed by atoms with Crippen molar-refractivity contribution in [3.63, 3.8) is 0 Å². The van der Waals surface area contributed by atoms with Crippen LogP contribution in [0.5, 0.6) is 0 Å². The van der Waals surface area contributed by atoms with Crippen molar-refractivity contribution in [1.82, 2.24) is 9.80 Å². The second-order valence-corrected chi connectivity index (χ2v) is 20.3. The Morgan fingerprint density at radius 2 is 0.722 bits per heavy atom. The maximum Gasteiger partial charge on any atom is 0.331 e. The first-order valence-corrected chi connectivity index (χ1v) is 25.8. The van der Waals surface area contributed by atoms with Gasteiger partial charge in [-0.25, -0.2) is 0 Å². The summed E-state index contributed by atoms with van der Waals surface area (Å²) in [6.07, 6.45) is 25.1. The molecule has 0 saturated heterocycles. The highest BCUT2D eigenvalue weighted by Gasteiger charge is 2.27. The Morgan fingerprint density at radius 3 is 1.04 bits per heavy atom. The van der Waals surface area contributed by atoms with E-state index in [4.69, 9.17) is 41.0 Å². The number of nitrogens with zero attached hydrogens (tertiary/aromatic N) is 2. The van der Waals surface area contributed by atoms with E-state index in [0.717, 1.165) is 115 Å². The van der Waals surface area contributed by atoms with Gasteiger partial charge in [-0.1, -0.05) is 77.0 Å². The van der Waals surface area contributed by atoms with Crippen LogP contribution in [-0.4, -0.2) is 114 Å². The van der Waals surface area contributed by atoms with E-state index in [-0.39, 0.29) is 0 Å². The van der Waals surface area contributed by atoms with Gasteiger partial charge in [-0.05, 0) is 128 Å². The van der Waals surface area contributed by atoms with E-state index in [9.17, 15) is 9.13 Å². The highest BCUT2D eigenvalue weighted by atomic mass is 31.2. The van der Waals surface area contributed by atoms with Gasteiger partial charge < -0.3 is 50.8 Å². The standard InChI is InChI=1S/C40H86N6O6P2/c41-23-13-27-45(28-14-24-42)31-37-53(47,51-35-11-21-39-17-5-3-6-18-39)49-33-9-1-2-10-34-50-54(48,38-32-46(29-15-25-43)30-16-26-44)52-36-12-22-40-19-7-4-8-20-40/h39-40H,1-38,41-44H2. The molecule has 2 fully saturated rings. The van der Waals surface area contributed by atoms with Crippen LogP contribution in [0.25, 0.3) is 0 Å². The second-order valence-electron chi connectivity index (χ2n) is 16.0. The molecule has 0 aliphatic heterocycles. The minimum Gasteiger partial charge on any atom is -0.330 e. The summed E-state index contributed by atoms with van der Waals surface area (Å²) in [5, 5.41) is 0. The van der Waals surface area contributed by atoms with Crippen LogP contribution in [0.1, 0.15) is 141 Å². The minimum atomic E-state index is -3.24. The fourth-order valence-electron chi connectivity index (χ4n) is 7.86. The van der Waals surface area contributed by atoms with Crippen molar-refractivity contribution in [2.45, 2.75) is 141 Å². The van der Waals surface area contributed by atoms with Gasteiger partial charge in [0.25, 0.3) is 0 Å². The van der Waals surface area contributed by atoms with Crippen molar-refractivity contribution in [2.75, 3.05) is 104 Å². The molecule has 54 heavy (non-hydrogen) atoms. The lowest BCUT2D eigenvalue weighted by atomic mass is 9.86. The average Bonchev–Trinajstić information content (AvgIpc) is 3.19. The summed E-state index contributed by atoms with van der Waals surface area (Å²) in [6, 6.07) is 0. The first-order valence-electron chi connectivity index (χ1n) is 22.4. The molecule has 2 aliphatic rings. The molecule has 2 aliphatic carbocycles. The van der Waals surface area contributed by atoms with Crippen LogP contribution < -0.4 is 22.9 Å². The zero-order valence-electron chi connectivity index (χ0n) is 34.6. The van der Waals surface area contributed by atoms with Crippen molar-refractivity contribution >= 4 is 15.2 Å². The first kappa shape index (κ1) is 50.2. The number of hydrogen-bond acceptors (Lipinski definition) is 12. The van der Waals surface area contributed by atoms with Crippen LogP contribution >= 0.6 is 15.2 Å². The molecule has 2 saturated carbocycles. The SMILES string of the molecule is NCCCN(CCCN)CCP(=O)(OCCCCCCOP(=O)(CCN(CCCN)CCCN)OCCCC1CCCCC1)OCCCC1CCCCC1. The molecular formula is C40H86N6O6P2. The predicted octanol–water partition coefficient (Wildman–Crippen LogP) is 7.72. The van der Waals surface area contributed by atoms with Crippen LogP contribution in [0.15, 0.2) is 0 Å². The third-order valence-corrected chi connectivity index (χ3v) is 15.0. The molecule has 0 bridgehead atoms. The van der Waals surface area contributed by atoms with Crippen LogP contribution in [0, 0.1) is 11.8 Å². The van der Waals surface area contributed by atoms with E-state index >= 15 is 0 Å². The Labute approximate surface area is 331 Å². The molecule has 0 aromatic rings. The lowest BCUT2D eigenvalue weighted by Gasteiger charge is -2.26. The summed E-state index contributed by atoms with van der Waals surface area (Å²) in [7, 11) is -6.49. The lowest BCUT2D eigenvalue weighted by Crippen LogP contribution is -2.31. The van der Waals surface area contributed by atoms with E-state index in [1.807, 2.05) is 0 Å². The molecule has 12 nitrogen and oxygen atoms in total. The van der Waals surface area contributed by atoms with Gasteiger partial charge in [0.1, 0.15) is 0 Å². The predicted molar refractivity (Wildman–Crippen MR) is 226 cm³/mol. The Kier molecular flexibility index (Phi) is 30.6. The van der Waals surface area contributed by atoms with E-state index in [2.05, 4.69) is 9.80 Å². The zero-order chi connectivity index (χ0) is 39.0. The van der Waals surface area contributed by atoms with Crippen molar-refractivity contribution in [3.05, 3.63) is 0 Å². The summed E-state index contributed by atoms with van der Waals surface area (Å²) in [5.74, 6) is 1.55. The summed E-state index contributed by atoms with van der Waals surface area (Å²) in [6.45, 7) is 9.02. The Hall–Kier alpha value is 0.0600.